The van der Waals surface area contributed by atoms with Gasteiger partial charge in [0.05, 0.1) is 12.1 Å². The number of para-hydroxylation sites is 1. The summed E-state index contributed by atoms with van der Waals surface area (Å²) in [6.07, 6.45) is 1.55. The molecule has 0 amide bonds. The highest BCUT2D eigenvalue weighted by atomic mass is 16.5. The summed E-state index contributed by atoms with van der Waals surface area (Å²) in [4.78, 5) is 11.2. The van der Waals surface area contributed by atoms with Crippen LogP contribution in [0.3, 0.4) is 0 Å². The summed E-state index contributed by atoms with van der Waals surface area (Å²) in [5.74, 6) is 2.35. The molecule has 0 atom stereocenters. The molecule has 4 aromatic heterocycles. The molecular weight excluding hydrogens is 358 g/mol. The van der Waals surface area contributed by atoms with Crippen molar-refractivity contribution in [2.24, 2.45) is 7.05 Å². The fraction of sp³-hybridized carbons (Fsp3) is 0.222. The summed E-state index contributed by atoms with van der Waals surface area (Å²) in [5.41, 5.74) is 2.71. The van der Waals surface area contributed by atoms with Crippen LogP contribution in [0.2, 0.25) is 0 Å². The number of nitrogens with zero attached hydrogens (tertiary/aromatic N) is 9. The number of benzene rings is 1. The average Bonchev–Trinajstić information content (AvgIpc) is 3.41. The molecule has 1 aromatic carbocycles. The van der Waals surface area contributed by atoms with Gasteiger partial charge in [0.1, 0.15) is 29.4 Å². The van der Waals surface area contributed by atoms with Gasteiger partial charge in [0, 0.05) is 25.5 Å². The highest BCUT2D eigenvalue weighted by Gasteiger charge is 2.20. The first-order chi connectivity index (χ1) is 13.6. The van der Waals surface area contributed by atoms with Crippen molar-refractivity contribution in [3.63, 3.8) is 0 Å². The van der Waals surface area contributed by atoms with Crippen molar-refractivity contribution in [1.29, 1.82) is 0 Å². The van der Waals surface area contributed by atoms with Crippen LogP contribution in [-0.2, 0) is 13.6 Å². The standard InChI is InChI=1S/C18H17N9O/c1-11-8-13(23-28-11)16-18-21-17(25(2)9-15-19-10-20-26(15)3)12-6-4-5-7-14(12)27(18)24-22-16/h4-8,10H,9H2,1-3H3. The molecule has 28 heavy (non-hydrogen) atoms. The minimum atomic E-state index is 0.559. The van der Waals surface area contributed by atoms with Crippen LogP contribution in [0.25, 0.3) is 27.9 Å². The van der Waals surface area contributed by atoms with E-state index in [4.69, 9.17) is 9.51 Å². The molecule has 0 saturated heterocycles. The van der Waals surface area contributed by atoms with Crippen LogP contribution in [0.4, 0.5) is 5.82 Å². The fourth-order valence-corrected chi connectivity index (χ4v) is 3.23. The van der Waals surface area contributed by atoms with Gasteiger partial charge in [0.25, 0.3) is 0 Å². The molecule has 0 fully saturated rings. The molecule has 5 rings (SSSR count). The molecule has 0 aliphatic rings. The third kappa shape index (κ3) is 2.49. The molecule has 0 bridgehead atoms. The van der Waals surface area contributed by atoms with Crippen molar-refractivity contribution in [2.45, 2.75) is 13.5 Å². The Morgan fingerprint density at radius 2 is 2.07 bits per heavy atom. The van der Waals surface area contributed by atoms with E-state index in [2.05, 4.69) is 25.6 Å². The number of anilines is 1. The molecule has 0 aliphatic heterocycles. The normalized spacial score (nSPS) is 11.5. The lowest BCUT2D eigenvalue weighted by molar-refractivity contribution is 0.399. The van der Waals surface area contributed by atoms with Crippen LogP contribution >= 0.6 is 0 Å². The second-order valence-corrected chi connectivity index (χ2v) is 6.60. The Balaban J connectivity index is 1.71. The molecule has 10 nitrogen and oxygen atoms in total. The van der Waals surface area contributed by atoms with E-state index in [1.807, 2.05) is 56.3 Å². The summed E-state index contributed by atoms with van der Waals surface area (Å²) in [7, 11) is 3.85. The minimum absolute atomic E-state index is 0.559. The summed E-state index contributed by atoms with van der Waals surface area (Å²) in [5, 5.41) is 17.8. The molecule has 0 saturated carbocycles. The van der Waals surface area contributed by atoms with Gasteiger partial charge < -0.3 is 9.42 Å². The van der Waals surface area contributed by atoms with Crippen LogP contribution in [0.1, 0.15) is 11.6 Å². The van der Waals surface area contributed by atoms with Gasteiger partial charge in [-0.2, -0.15) is 9.61 Å². The quantitative estimate of drug-likeness (QED) is 0.470. The predicted molar refractivity (Wildman–Crippen MR) is 102 cm³/mol. The van der Waals surface area contributed by atoms with E-state index in [0.29, 0.717) is 29.3 Å². The smallest absolute Gasteiger partial charge is 0.188 e. The van der Waals surface area contributed by atoms with Crippen molar-refractivity contribution in [3.8, 4) is 11.4 Å². The summed E-state index contributed by atoms with van der Waals surface area (Å²) >= 11 is 0. The Morgan fingerprint density at radius 3 is 2.82 bits per heavy atom. The van der Waals surface area contributed by atoms with Crippen LogP contribution in [-0.4, -0.2) is 46.8 Å². The number of rotatable bonds is 4. The van der Waals surface area contributed by atoms with Crippen molar-refractivity contribution in [2.75, 3.05) is 11.9 Å². The van der Waals surface area contributed by atoms with Crippen molar-refractivity contribution in [1.82, 2.24) is 39.7 Å². The Bertz CT molecular complexity index is 1300. The maximum atomic E-state index is 5.20. The largest absolute Gasteiger partial charge is 0.361 e. The van der Waals surface area contributed by atoms with E-state index in [1.165, 1.54) is 0 Å². The second-order valence-electron chi connectivity index (χ2n) is 6.60. The minimum Gasteiger partial charge on any atom is -0.361 e. The van der Waals surface area contributed by atoms with Gasteiger partial charge >= 0.3 is 0 Å². The first kappa shape index (κ1) is 16.4. The molecule has 0 spiro atoms. The zero-order valence-corrected chi connectivity index (χ0v) is 15.6. The van der Waals surface area contributed by atoms with Gasteiger partial charge in [-0.1, -0.05) is 22.5 Å². The van der Waals surface area contributed by atoms with Crippen LogP contribution < -0.4 is 4.90 Å². The highest BCUT2D eigenvalue weighted by molar-refractivity contribution is 5.93. The molecule has 140 valence electrons. The molecule has 5 aromatic rings. The topological polar surface area (TPSA) is 103 Å². The van der Waals surface area contributed by atoms with Crippen LogP contribution in [0.5, 0.6) is 0 Å². The van der Waals surface area contributed by atoms with E-state index >= 15 is 0 Å². The second kappa shape index (κ2) is 6.12. The zero-order valence-electron chi connectivity index (χ0n) is 15.6. The average molecular weight is 375 g/mol. The SMILES string of the molecule is Cc1cc(-c2nnn3c2nc(N(C)Cc2ncnn2C)c2ccccc23)no1. The lowest BCUT2D eigenvalue weighted by Crippen LogP contribution is -2.21. The number of fused-ring (bicyclic) bond motifs is 3. The Labute approximate surface area is 159 Å². The molecule has 0 radical (unpaired) electrons. The van der Waals surface area contributed by atoms with E-state index in [-0.39, 0.29) is 0 Å². The van der Waals surface area contributed by atoms with Crippen molar-refractivity contribution < 1.29 is 4.52 Å². The van der Waals surface area contributed by atoms with Gasteiger partial charge in [0.15, 0.2) is 11.3 Å². The lowest BCUT2D eigenvalue weighted by Gasteiger charge is -2.19. The Morgan fingerprint density at radius 1 is 1.21 bits per heavy atom. The highest BCUT2D eigenvalue weighted by Crippen LogP contribution is 2.29. The third-order valence-corrected chi connectivity index (χ3v) is 4.65. The molecular formula is C18H17N9O. The van der Waals surface area contributed by atoms with Gasteiger partial charge in [-0.25, -0.2) is 9.97 Å². The summed E-state index contributed by atoms with van der Waals surface area (Å²) in [6.45, 7) is 2.40. The van der Waals surface area contributed by atoms with E-state index in [9.17, 15) is 0 Å². The number of aryl methyl sites for hydroxylation is 2. The summed E-state index contributed by atoms with van der Waals surface area (Å²) < 4.78 is 8.68. The van der Waals surface area contributed by atoms with Crippen molar-refractivity contribution in [3.05, 3.63) is 48.2 Å². The number of hydrogen-bond donors (Lipinski definition) is 0. The maximum Gasteiger partial charge on any atom is 0.188 e. The third-order valence-electron chi connectivity index (χ3n) is 4.65. The van der Waals surface area contributed by atoms with E-state index in [1.54, 1.807) is 15.5 Å². The first-order valence-electron chi connectivity index (χ1n) is 8.73. The first-order valence-corrected chi connectivity index (χ1v) is 8.73. The predicted octanol–water partition coefficient (Wildman–Crippen LogP) is 2.01. The Hall–Kier alpha value is -3.82. The maximum absolute atomic E-state index is 5.20. The van der Waals surface area contributed by atoms with E-state index < -0.39 is 0 Å². The van der Waals surface area contributed by atoms with Gasteiger partial charge in [-0.15, -0.1) is 5.10 Å². The Kier molecular flexibility index (Phi) is 3.57. The van der Waals surface area contributed by atoms with Gasteiger partial charge in [-0.05, 0) is 19.1 Å². The molecule has 4 heterocycles. The number of aromatic nitrogens is 8. The van der Waals surface area contributed by atoms with Crippen molar-refractivity contribution >= 4 is 22.4 Å². The molecule has 0 unspecified atom stereocenters. The van der Waals surface area contributed by atoms with Gasteiger partial charge in [-0.3, -0.25) is 4.68 Å². The van der Waals surface area contributed by atoms with Crippen LogP contribution in [0.15, 0.2) is 41.2 Å². The molecule has 0 N–H and O–H groups in total. The van der Waals surface area contributed by atoms with E-state index in [0.717, 1.165) is 22.5 Å². The number of hydrogen-bond acceptors (Lipinski definition) is 8. The lowest BCUT2D eigenvalue weighted by atomic mass is 10.2. The molecule has 0 aliphatic carbocycles. The molecule has 10 heteroatoms. The van der Waals surface area contributed by atoms with Crippen LogP contribution in [0, 0.1) is 6.92 Å². The fourth-order valence-electron chi connectivity index (χ4n) is 3.23. The summed E-state index contributed by atoms with van der Waals surface area (Å²) in [6, 6.07) is 9.79. The monoisotopic (exact) mass is 375 g/mol. The van der Waals surface area contributed by atoms with Gasteiger partial charge in [0.2, 0.25) is 0 Å². The zero-order chi connectivity index (χ0) is 19.3.